The molecule has 1 aromatic rings. The van der Waals surface area contributed by atoms with E-state index in [1.54, 1.807) is 18.4 Å². The van der Waals surface area contributed by atoms with Gasteiger partial charge in [0, 0.05) is 25.2 Å². The molecular formula is C18H25NO. The molecule has 0 spiro atoms. The van der Waals surface area contributed by atoms with Crippen LogP contribution in [0.25, 0.3) is 0 Å². The highest BCUT2D eigenvalue weighted by Gasteiger charge is 2.26. The lowest BCUT2D eigenvalue weighted by molar-refractivity contribution is 0.332. The summed E-state index contributed by atoms with van der Waals surface area (Å²) in [6.45, 7) is 1.14. The van der Waals surface area contributed by atoms with Crippen LogP contribution in [-0.2, 0) is 0 Å². The van der Waals surface area contributed by atoms with Gasteiger partial charge in [-0.05, 0) is 49.8 Å². The van der Waals surface area contributed by atoms with Crippen molar-refractivity contribution < 1.29 is 4.74 Å². The van der Waals surface area contributed by atoms with Gasteiger partial charge in [-0.3, -0.25) is 0 Å². The molecule has 0 saturated carbocycles. The lowest BCUT2D eigenvalue weighted by Gasteiger charge is -2.35. The van der Waals surface area contributed by atoms with Gasteiger partial charge in [0.1, 0.15) is 5.75 Å². The molecule has 1 unspecified atom stereocenters. The molecule has 1 aliphatic heterocycles. The average Bonchev–Trinajstić information content (AvgIpc) is 2.73. The van der Waals surface area contributed by atoms with Crippen molar-refractivity contribution in [2.45, 2.75) is 44.4 Å². The maximum atomic E-state index is 5.37. The van der Waals surface area contributed by atoms with Crippen molar-refractivity contribution in [1.29, 1.82) is 0 Å². The van der Waals surface area contributed by atoms with Crippen molar-refractivity contribution in [1.82, 2.24) is 4.90 Å². The average molecular weight is 271 g/mol. The number of likely N-dealkylation sites (N-methyl/N-ethyl adjacent to an activating group) is 1. The molecule has 0 N–H and O–H groups in total. The highest BCUT2D eigenvalue weighted by Crippen LogP contribution is 2.38. The van der Waals surface area contributed by atoms with Gasteiger partial charge in [0.05, 0.1) is 7.11 Å². The Morgan fingerprint density at radius 3 is 2.85 bits per heavy atom. The molecule has 20 heavy (non-hydrogen) atoms. The second kappa shape index (κ2) is 5.90. The predicted molar refractivity (Wildman–Crippen MR) is 83.1 cm³/mol. The van der Waals surface area contributed by atoms with E-state index in [2.05, 4.69) is 30.1 Å². The molecule has 0 bridgehead atoms. The van der Waals surface area contributed by atoms with E-state index in [-0.39, 0.29) is 0 Å². The first kappa shape index (κ1) is 13.5. The molecular weight excluding hydrogens is 246 g/mol. The zero-order valence-corrected chi connectivity index (χ0v) is 12.7. The van der Waals surface area contributed by atoms with Crippen LogP contribution in [-0.4, -0.2) is 25.6 Å². The number of ether oxygens (including phenoxy) is 1. The minimum Gasteiger partial charge on any atom is -0.497 e. The summed E-state index contributed by atoms with van der Waals surface area (Å²) in [6, 6.07) is 8.61. The number of nitrogens with zero attached hydrogens (tertiary/aromatic N) is 1. The minimum atomic E-state index is 0.618. The fourth-order valence-corrected chi connectivity index (χ4v) is 3.73. The minimum absolute atomic E-state index is 0.618. The molecule has 0 fully saturated rings. The Bertz CT molecular complexity index is 506. The van der Waals surface area contributed by atoms with Gasteiger partial charge in [0.2, 0.25) is 0 Å². The van der Waals surface area contributed by atoms with Gasteiger partial charge < -0.3 is 9.64 Å². The van der Waals surface area contributed by atoms with Gasteiger partial charge in [-0.25, -0.2) is 0 Å². The van der Waals surface area contributed by atoms with Crippen LogP contribution in [0.5, 0.6) is 5.75 Å². The largest absolute Gasteiger partial charge is 0.497 e. The molecule has 0 radical (unpaired) electrons. The van der Waals surface area contributed by atoms with Crippen molar-refractivity contribution in [3.05, 3.63) is 41.1 Å². The van der Waals surface area contributed by atoms with Crippen LogP contribution in [0.4, 0.5) is 0 Å². The Labute approximate surface area is 122 Å². The van der Waals surface area contributed by atoms with E-state index in [1.807, 2.05) is 6.07 Å². The van der Waals surface area contributed by atoms with E-state index in [9.17, 15) is 0 Å². The van der Waals surface area contributed by atoms with Crippen LogP contribution in [0, 0.1) is 0 Å². The van der Waals surface area contributed by atoms with Crippen LogP contribution in [0.1, 0.15) is 50.0 Å². The summed E-state index contributed by atoms with van der Waals surface area (Å²) in [5.41, 5.74) is 4.78. The summed E-state index contributed by atoms with van der Waals surface area (Å²) >= 11 is 0. The Hall–Kier alpha value is -1.44. The Balaban J connectivity index is 1.84. The third-order valence-electron chi connectivity index (χ3n) is 4.81. The maximum absolute atomic E-state index is 5.37. The van der Waals surface area contributed by atoms with Crippen molar-refractivity contribution >= 4 is 0 Å². The zero-order valence-electron chi connectivity index (χ0n) is 12.7. The van der Waals surface area contributed by atoms with Gasteiger partial charge in [-0.1, -0.05) is 24.1 Å². The summed E-state index contributed by atoms with van der Waals surface area (Å²) in [7, 11) is 4.02. The van der Waals surface area contributed by atoms with E-state index in [4.69, 9.17) is 4.74 Å². The van der Waals surface area contributed by atoms with Crippen molar-refractivity contribution in [2.24, 2.45) is 0 Å². The lowest BCUT2D eigenvalue weighted by Crippen LogP contribution is -2.30. The molecule has 0 amide bonds. The third-order valence-corrected chi connectivity index (χ3v) is 4.81. The number of hydrogen-bond acceptors (Lipinski definition) is 2. The van der Waals surface area contributed by atoms with Crippen LogP contribution < -0.4 is 4.74 Å². The summed E-state index contributed by atoms with van der Waals surface area (Å²) in [6.07, 6.45) is 7.97. The molecule has 2 aliphatic rings. The highest BCUT2D eigenvalue weighted by molar-refractivity contribution is 5.34. The number of benzene rings is 1. The molecule has 108 valence electrons. The molecule has 0 saturated heterocycles. The quantitative estimate of drug-likeness (QED) is 0.793. The van der Waals surface area contributed by atoms with E-state index in [1.165, 1.54) is 44.1 Å². The topological polar surface area (TPSA) is 12.5 Å². The fourth-order valence-electron chi connectivity index (χ4n) is 3.73. The predicted octanol–water partition coefficient (Wildman–Crippen LogP) is 4.33. The summed E-state index contributed by atoms with van der Waals surface area (Å²) in [5, 5.41) is 0. The van der Waals surface area contributed by atoms with Crippen molar-refractivity contribution in [2.75, 3.05) is 20.7 Å². The van der Waals surface area contributed by atoms with Crippen LogP contribution >= 0.6 is 0 Å². The number of hydrogen-bond donors (Lipinski definition) is 0. The molecule has 1 aromatic carbocycles. The fraction of sp³-hybridized carbons (Fsp3) is 0.556. The van der Waals surface area contributed by atoms with Gasteiger partial charge in [-0.2, -0.15) is 0 Å². The molecule has 1 aliphatic carbocycles. The summed E-state index contributed by atoms with van der Waals surface area (Å²) < 4.78 is 5.37. The molecule has 1 atom stereocenters. The highest BCUT2D eigenvalue weighted by atomic mass is 16.5. The smallest absolute Gasteiger partial charge is 0.119 e. The van der Waals surface area contributed by atoms with Gasteiger partial charge >= 0.3 is 0 Å². The second-order valence-corrected chi connectivity index (χ2v) is 6.17. The van der Waals surface area contributed by atoms with E-state index in [0.717, 1.165) is 12.3 Å². The molecule has 0 aromatic heterocycles. The van der Waals surface area contributed by atoms with E-state index >= 15 is 0 Å². The number of methoxy groups -OCH3 is 1. The first-order valence-corrected chi connectivity index (χ1v) is 7.84. The van der Waals surface area contributed by atoms with Crippen molar-refractivity contribution in [3.63, 3.8) is 0 Å². The SMILES string of the molecule is COc1cccc(C2CC3=C(CCCCC3)N(C)C2)c1. The normalized spacial score (nSPS) is 23.3. The van der Waals surface area contributed by atoms with Crippen LogP contribution in [0.15, 0.2) is 35.5 Å². The van der Waals surface area contributed by atoms with Crippen LogP contribution in [0.2, 0.25) is 0 Å². The Morgan fingerprint density at radius 1 is 1.15 bits per heavy atom. The Morgan fingerprint density at radius 2 is 2.00 bits per heavy atom. The first-order chi connectivity index (χ1) is 9.78. The Kier molecular flexibility index (Phi) is 4.00. The molecule has 2 nitrogen and oxygen atoms in total. The van der Waals surface area contributed by atoms with Gasteiger partial charge in [0.25, 0.3) is 0 Å². The second-order valence-electron chi connectivity index (χ2n) is 6.17. The van der Waals surface area contributed by atoms with Gasteiger partial charge in [0.15, 0.2) is 0 Å². The van der Waals surface area contributed by atoms with Crippen molar-refractivity contribution in [3.8, 4) is 5.75 Å². The maximum Gasteiger partial charge on any atom is 0.119 e. The van der Waals surface area contributed by atoms with Gasteiger partial charge in [-0.15, -0.1) is 0 Å². The zero-order chi connectivity index (χ0) is 13.9. The summed E-state index contributed by atoms with van der Waals surface area (Å²) in [4.78, 5) is 2.51. The monoisotopic (exact) mass is 271 g/mol. The lowest BCUT2D eigenvalue weighted by atomic mass is 9.85. The number of rotatable bonds is 2. The molecule has 1 heterocycles. The standard InChI is InChI=1S/C18H25NO/c1-19-13-16(14-8-6-9-17(12-14)20-2)11-15-7-4-3-5-10-18(15)19/h6,8-9,12,16H,3-5,7,10-11,13H2,1-2H3. The van der Waals surface area contributed by atoms with E-state index in [0.29, 0.717) is 5.92 Å². The van der Waals surface area contributed by atoms with E-state index < -0.39 is 0 Å². The summed E-state index contributed by atoms with van der Waals surface area (Å²) in [5.74, 6) is 1.60. The molecule has 3 rings (SSSR count). The van der Waals surface area contributed by atoms with Crippen LogP contribution in [0.3, 0.4) is 0 Å². The number of allylic oxidation sites excluding steroid dienone is 2. The first-order valence-electron chi connectivity index (χ1n) is 7.84. The molecule has 2 heteroatoms. The third kappa shape index (κ3) is 2.70.